The number of anilines is 1. The van der Waals surface area contributed by atoms with Gasteiger partial charge in [0, 0.05) is 17.1 Å². The summed E-state index contributed by atoms with van der Waals surface area (Å²) in [6.45, 7) is 3.30. The molecular weight excluding hydrogens is 358 g/mol. The quantitative estimate of drug-likeness (QED) is 0.660. The molecule has 0 fully saturated rings. The summed E-state index contributed by atoms with van der Waals surface area (Å²) in [7, 11) is 1.83. The van der Waals surface area contributed by atoms with E-state index in [1.54, 1.807) is 24.3 Å². The maximum absolute atomic E-state index is 12.3. The highest BCUT2D eigenvalue weighted by Crippen LogP contribution is 2.26. The topological polar surface area (TPSA) is 41.6 Å². The van der Waals surface area contributed by atoms with E-state index in [0.29, 0.717) is 35.5 Å². The van der Waals surface area contributed by atoms with Gasteiger partial charge < -0.3 is 10.1 Å². The van der Waals surface area contributed by atoms with Gasteiger partial charge in [0.1, 0.15) is 12.4 Å². The molecule has 4 nitrogen and oxygen atoms in total. The van der Waals surface area contributed by atoms with Crippen LogP contribution in [0.4, 0.5) is 14.5 Å². The third-order valence-corrected chi connectivity index (χ3v) is 4.23. The molecule has 0 aliphatic heterocycles. The van der Waals surface area contributed by atoms with E-state index in [1.807, 2.05) is 43.1 Å². The Morgan fingerprint density at radius 2 is 1.96 bits per heavy atom. The average molecular weight is 380 g/mol. The summed E-state index contributed by atoms with van der Waals surface area (Å²) < 4.78 is 30.2. The first kappa shape index (κ1) is 20.2. The fourth-order valence-corrected chi connectivity index (χ4v) is 2.77. The van der Waals surface area contributed by atoms with Crippen molar-refractivity contribution in [2.45, 2.75) is 17.6 Å². The van der Waals surface area contributed by atoms with Gasteiger partial charge in [-0.05, 0) is 55.9 Å². The van der Waals surface area contributed by atoms with Crippen molar-refractivity contribution in [3.05, 3.63) is 54.1 Å². The third kappa shape index (κ3) is 7.41. The fourth-order valence-electron chi connectivity index (χ4n) is 2.27. The van der Waals surface area contributed by atoms with E-state index in [2.05, 4.69) is 5.32 Å². The number of carbonyl (C=O) groups is 1. The molecule has 26 heavy (non-hydrogen) atoms. The Morgan fingerprint density at radius 1 is 1.23 bits per heavy atom. The number of hydrogen-bond donors (Lipinski definition) is 1. The van der Waals surface area contributed by atoms with E-state index >= 15 is 0 Å². The predicted molar refractivity (Wildman–Crippen MR) is 101 cm³/mol. The van der Waals surface area contributed by atoms with Gasteiger partial charge in [-0.3, -0.25) is 9.69 Å². The second-order valence-electron chi connectivity index (χ2n) is 5.85. The lowest BCUT2D eigenvalue weighted by Gasteiger charge is -2.17. The monoisotopic (exact) mass is 380 g/mol. The lowest BCUT2D eigenvalue weighted by Crippen LogP contribution is -2.33. The van der Waals surface area contributed by atoms with E-state index in [-0.39, 0.29) is 12.5 Å². The molecule has 0 bridgehead atoms. The largest absolute Gasteiger partial charge is 0.492 e. The van der Waals surface area contributed by atoms with E-state index in [9.17, 15) is 13.6 Å². The van der Waals surface area contributed by atoms with Crippen molar-refractivity contribution in [2.24, 2.45) is 0 Å². The molecule has 2 rings (SSSR count). The minimum atomic E-state index is -2.45. The minimum Gasteiger partial charge on any atom is -0.492 e. The summed E-state index contributed by atoms with van der Waals surface area (Å²) in [4.78, 5) is 14.4. The molecule has 7 heteroatoms. The Balaban J connectivity index is 1.71. The maximum atomic E-state index is 12.3. The number of carbonyl (C=O) groups excluding carboxylic acids is 1. The van der Waals surface area contributed by atoms with Crippen molar-refractivity contribution < 1.29 is 18.3 Å². The van der Waals surface area contributed by atoms with Gasteiger partial charge in [-0.2, -0.15) is 8.78 Å². The lowest BCUT2D eigenvalue weighted by molar-refractivity contribution is -0.117. The van der Waals surface area contributed by atoms with Gasteiger partial charge in [0.15, 0.2) is 0 Å². The van der Waals surface area contributed by atoms with Crippen LogP contribution in [-0.4, -0.2) is 43.3 Å². The van der Waals surface area contributed by atoms with Crippen molar-refractivity contribution in [1.29, 1.82) is 0 Å². The van der Waals surface area contributed by atoms with Crippen LogP contribution in [0.2, 0.25) is 0 Å². The fraction of sp³-hybridized carbons (Fsp3) is 0.316. The summed E-state index contributed by atoms with van der Waals surface area (Å²) in [5.74, 6) is -1.81. The average Bonchev–Trinajstić information content (AvgIpc) is 2.56. The van der Waals surface area contributed by atoms with Crippen molar-refractivity contribution in [3.8, 4) is 5.75 Å². The molecule has 0 saturated carbocycles. The van der Waals surface area contributed by atoms with E-state index < -0.39 is 5.76 Å². The number of halogens is 2. The maximum Gasteiger partial charge on any atom is 0.288 e. The lowest BCUT2D eigenvalue weighted by atomic mass is 10.2. The normalized spacial score (nSPS) is 11.0. The standard InChI is InChI=1S/C19H22F2N2O2S/c1-14-4-3-5-16(12-14)25-11-10-23(2)13-18(24)22-15-6-8-17(9-7-15)26-19(20)21/h3-9,12,19H,10-11,13H2,1-2H3,(H,22,24). The van der Waals surface area contributed by atoms with Crippen molar-refractivity contribution in [3.63, 3.8) is 0 Å². The molecule has 0 aliphatic rings. The molecule has 0 unspecified atom stereocenters. The van der Waals surface area contributed by atoms with Crippen LogP contribution >= 0.6 is 11.8 Å². The second-order valence-corrected chi connectivity index (χ2v) is 6.92. The summed E-state index contributed by atoms with van der Waals surface area (Å²) in [6.07, 6.45) is 0. The first-order valence-corrected chi connectivity index (χ1v) is 9.03. The molecule has 1 amide bonds. The van der Waals surface area contributed by atoms with Crippen LogP contribution in [0.5, 0.6) is 5.75 Å². The van der Waals surface area contributed by atoms with Gasteiger partial charge in [-0.15, -0.1) is 0 Å². The Morgan fingerprint density at radius 3 is 2.62 bits per heavy atom. The Bertz CT molecular complexity index is 711. The number of nitrogens with zero attached hydrogens (tertiary/aromatic N) is 1. The molecule has 2 aromatic rings. The molecule has 0 atom stereocenters. The van der Waals surface area contributed by atoms with Gasteiger partial charge in [-0.25, -0.2) is 0 Å². The molecule has 0 heterocycles. The Labute approximate surface area is 156 Å². The van der Waals surface area contributed by atoms with Crippen LogP contribution in [0.1, 0.15) is 5.56 Å². The molecule has 0 spiro atoms. The van der Waals surface area contributed by atoms with E-state index in [4.69, 9.17) is 4.74 Å². The van der Waals surface area contributed by atoms with E-state index in [0.717, 1.165) is 11.3 Å². The van der Waals surface area contributed by atoms with Crippen LogP contribution in [0, 0.1) is 6.92 Å². The van der Waals surface area contributed by atoms with Crippen LogP contribution in [-0.2, 0) is 4.79 Å². The highest BCUT2D eigenvalue weighted by atomic mass is 32.2. The SMILES string of the molecule is Cc1cccc(OCCN(C)CC(=O)Nc2ccc(SC(F)F)cc2)c1. The number of likely N-dealkylation sites (N-methyl/N-ethyl adjacent to an activating group) is 1. The number of ether oxygens (including phenoxy) is 1. The van der Waals surface area contributed by atoms with Gasteiger partial charge in [0.05, 0.1) is 6.54 Å². The molecule has 1 N–H and O–H groups in total. The first-order chi connectivity index (χ1) is 12.4. The number of nitrogens with one attached hydrogen (secondary N) is 1. The number of thioether (sulfide) groups is 1. The molecule has 140 valence electrons. The number of aryl methyl sites for hydroxylation is 1. The summed E-state index contributed by atoms with van der Waals surface area (Å²) in [5.41, 5.74) is 1.71. The molecule has 0 radical (unpaired) electrons. The second kappa shape index (κ2) is 10.1. The van der Waals surface area contributed by atoms with Gasteiger partial charge in [-0.1, -0.05) is 23.9 Å². The molecule has 2 aromatic carbocycles. The molecular formula is C19H22F2N2O2S. The van der Waals surface area contributed by atoms with Crippen molar-refractivity contribution in [1.82, 2.24) is 4.90 Å². The van der Waals surface area contributed by atoms with Crippen molar-refractivity contribution in [2.75, 3.05) is 32.1 Å². The first-order valence-electron chi connectivity index (χ1n) is 8.15. The van der Waals surface area contributed by atoms with E-state index in [1.165, 1.54) is 0 Å². The number of hydrogen-bond acceptors (Lipinski definition) is 4. The molecule has 0 aliphatic carbocycles. The van der Waals surface area contributed by atoms with Crippen LogP contribution in [0.15, 0.2) is 53.4 Å². The van der Waals surface area contributed by atoms with Crippen LogP contribution in [0.25, 0.3) is 0 Å². The smallest absolute Gasteiger partial charge is 0.288 e. The van der Waals surface area contributed by atoms with Gasteiger partial charge in [0.2, 0.25) is 5.91 Å². The zero-order valence-corrected chi connectivity index (χ0v) is 15.6. The molecule has 0 aromatic heterocycles. The Kier molecular flexibility index (Phi) is 7.87. The number of alkyl halides is 2. The number of benzene rings is 2. The van der Waals surface area contributed by atoms with Crippen LogP contribution < -0.4 is 10.1 Å². The number of amides is 1. The minimum absolute atomic E-state index is 0.169. The zero-order valence-electron chi connectivity index (χ0n) is 14.7. The van der Waals surface area contributed by atoms with Crippen LogP contribution in [0.3, 0.4) is 0 Å². The van der Waals surface area contributed by atoms with Gasteiger partial charge in [0.25, 0.3) is 5.76 Å². The Hall–Kier alpha value is -2.12. The van der Waals surface area contributed by atoms with Crippen molar-refractivity contribution >= 4 is 23.4 Å². The third-order valence-electron chi connectivity index (χ3n) is 3.51. The zero-order chi connectivity index (χ0) is 18.9. The molecule has 0 saturated heterocycles. The highest BCUT2D eigenvalue weighted by molar-refractivity contribution is 7.99. The summed E-state index contributed by atoms with van der Waals surface area (Å²) in [5, 5.41) is 2.75. The summed E-state index contributed by atoms with van der Waals surface area (Å²) >= 11 is 0.477. The number of rotatable bonds is 9. The van der Waals surface area contributed by atoms with Gasteiger partial charge >= 0.3 is 0 Å². The summed E-state index contributed by atoms with van der Waals surface area (Å²) in [6, 6.07) is 14.2. The highest BCUT2D eigenvalue weighted by Gasteiger charge is 2.09. The predicted octanol–water partition coefficient (Wildman–Crippen LogP) is 4.26.